The van der Waals surface area contributed by atoms with E-state index in [1.165, 1.54) is 0 Å². The van der Waals surface area contributed by atoms with Gasteiger partial charge < -0.3 is 26.4 Å². The fourth-order valence-corrected chi connectivity index (χ4v) is 4.03. The van der Waals surface area contributed by atoms with Crippen LogP contribution in [0.1, 0.15) is 61.0 Å². The number of nitrogens with one attached hydrogen (secondary N) is 3. The number of ether oxygens (including phenoxy) is 1. The van der Waals surface area contributed by atoms with Crippen molar-refractivity contribution >= 4 is 23.4 Å². The van der Waals surface area contributed by atoms with Crippen LogP contribution < -0.4 is 26.4 Å². The zero-order valence-corrected chi connectivity index (χ0v) is 21.6. The van der Waals surface area contributed by atoms with Crippen LogP contribution in [0, 0.1) is 0 Å². The average molecular weight is 502 g/mol. The lowest BCUT2D eigenvalue weighted by Crippen LogP contribution is -2.22. The molecule has 1 aliphatic rings. The fourth-order valence-electron chi connectivity index (χ4n) is 4.03. The number of amidine groups is 1. The molecule has 1 saturated heterocycles. The SMILES string of the molecule is CCCNc1nccc(Oc2ccc(C(=O)Nc3cc(C(C)C)ccn3)cc2)c1C(N)=NC1CCNC1. The summed E-state index contributed by atoms with van der Waals surface area (Å²) in [6, 6.07) is 12.7. The van der Waals surface area contributed by atoms with Crippen LogP contribution in [0.3, 0.4) is 0 Å². The van der Waals surface area contributed by atoms with Gasteiger partial charge in [0.25, 0.3) is 5.91 Å². The number of carbonyl (C=O) groups excluding carboxylic acids is 1. The van der Waals surface area contributed by atoms with E-state index in [1.807, 2.05) is 12.1 Å². The largest absolute Gasteiger partial charge is 0.456 e. The molecule has 194 valence electrons. The minimum atomic E-state index is -0.239. The minimum absolute atomic E-state index is 0.126. The normalized spacial score (nSPS) is 15.6. The van der Waals surface area contributed by atoms with Crippen LogP contribution in [0.25, 0.3) is 0 Å². The van der Waals surface area contributed by atoms with E-state index in [9.17, 15) is 4.79 Å². The molecule has 37 heavy (non-hydrogen) atoms. The number of anilines is 2. The number of amides is 1. The third-order valence-corrected chi connectivity index (χ3v) is 6.10. The van der Waals surface area contributed by atoms with Crippen LogP contribution in [0.5, 0.6) is 11.5 Å². The number of carbonyl (C=O) groups is 1. The maximum Gasteiger partial charge on any atom is 0.256 e. The Balaban J connectivity index is 1.52. The molecule has 0 spiro atoms. The monoisotopic (exact) mass is 501 g/mol. The maximum absolute atomic E-state index is 12.8. The number of aliphatic imine (C=N–C) groups is 1. The average Bonchev–Trinajstić information content (AvgIpc) is 3.41. The summed E-state index contributed by atoms with van der Waals surface area (Å²) in [6.45, 7) is 8.77. The van der Waals surface area contributed by atoms with Crippen LogP contribution in [0.15, 0.2) is 59.9 Å². The number of hydrogen-bond donors (Lipinski definition) is 4. The van der Waals surface area contributed by atoms with Crippen molar-refractivity contribution in [2.24, 2.45) is 10.7 Å². The van der Waals surface area contributed by atoms with Gasteiger partial charge in [-0.2, -0.15) is 0 Å². The Hall–Kier alpha value is -3.98. The predicted molar refractivity (Wildman–Crippen MR) is 148 cm³/mol. The van der Waals surface area contributed by atoms with Crippen molar-refractivity contribution in [3.05, 3.63) is 71.5 Å². The van der Waals surface area contributed by atoms with E-state index >= 15 is 0 Å². The van der Waals surface area contributed by atoms with Crippen molar-refractivity contribution in [2.45, 2.75) is 45.6 Å². The van der Waals surface area contributed by atoms with Crippen molar-refractivity contribution in [3.8, 4) is 11.5 Å². The van der Waals surface area contributed by atoms with E-state index in [0.29, 0.717) is 46.0 Å². The molecule has 4 rings (SSSR count). The number of aromatic nitrogens is 2. The van der Waals surface area contributed by atoms with E-state index in [0.717, 1.165) is 38.0 Å². The molecule has 0 radical (unpaired) electrons. The van der Waals surface area contributed by atoms with Gasteiger partial charge in [0.15, 0.2) is 0 Å². The second-order valence-corrected chi connectivity index (χ2v) is 9.33. The molecule has 0 aliphatic carbocycles. The Morgan fingerprint density at radius 1 is 1.19 bits per heavy atom. The molecule has 3 aromatic rings. The number of hydrogen-bond acceptors (Lipinski definition) is 7. The Bertz CT molecular complexity index is 1240. The van der Waals surface area contributed by atoms with Crippen LogP contribution in [-0.4, -0.2) is 47.4 Å². The van der Waals surface area contributed by atoms with Crippen LogP contribution in [-0.2, 0) is 0 Å². The number of rotatable bonds is 10. The summed E-state index contributed by atoms with van der Waals surface area (Å²) in [5.74, 6) is 2.78. The summed E-state index contributed by atoms with van der Waals surface area (Å²) in [5.41, 5.74) is 8.72. The van der Waals surface area contributed by atoms with Crippen molar-refractivity contribution in [2.75, 3.05) is 30.3 Å². The Kier molecular flexibility index (Phi) is 8.68. The van der Waals surface area contributed by atoms with Gasteiger partial charge in [0.2, 0.25) is 0 Å². The zero-order chi connectivity index (χ0) is 26.2. The minimum Gasteiger partial charge on any atom is -0.456 e. The summed E-state index contributed by atoms with van der Waals surface area (Å²) >= 11 is 0. The Morgan fingerprint density at radius 2 is 1.97 bits per heavy atom. The van der Waals surface area contributed by atoms with Gasteiger partial charge in [0.1, 0.15) is 34.5 Å². The first-order valence-electron chi connectivity index (χ1n) is 12.8. The topological polar surface area (TPSA) is 127 Å². The standard InChI is InChI=1S/C28H35N7O2/c1-4-12-32-27-25(26(29)34-21-10-13-30-17-21)23(11-15-33-27)37-22-7-5-19(6-8-22)28(36)35-24-16-20(18(2)3)9-14-31-24/h5-9,11,14-16,18,21,30H,4,10,12-13,17H2,1-3H3,(H2,29,34)(H,32,33)(H,31,35,36). The van der Waals surface area contributed by atoms with Gasteiger partial charge >= 0.3 is 0 Å². The van der Waals surface area contributed by atoms with Gasteiger partial charge in [-0.1, -0.05) is 20.8 Å². The predicted octanol–water partition coefficient (Wildman–Crippen LogP) is 4.53. The molecule has 5 N–H and O–H groups in total. The van der Waals surface area contributed by atoms with Crippen LogP contribution >= 0.6 is 0 Å². The number of nitrogens with two attached hydrogens (primary N) is 1. The molecular formula is C28H35N7O2. The first-order valence-corrected chi connectivity index (χ1v) is 12.8. The molecular weight excluding hydrogens is 466 g/mol. The van der Waals surface area contributed by atoms with Gasteiger partial charge in [-0.05, 0) is 67.3 Å². The highest BCUT2D eigenvalue weighted by Crippen LogP contribution is 2.30. The number of pyridine rings is 2. The molecule has 3 heterocycles. The first kappa shape index (κ1) is 26.1. The van der Waals surface area contributed by atoms with E-state index in [1.54, 1.807) is 42.7 Å². The molecule has 2 aromatic heterocycles. The lowest BCUT2D eigenvalue weighted by molar-refractivity contribution is 0.102. The molecule has 0 bridgehead atoms. The zero-order valence-electron chi connectivity index (χ0n) is 21.6. The molecule has 1 unspecified atom stereocenters. The highest BCUT2D eigenvalue weighted by molar-refractivity contribution is 6.05. The number of benzene rings is 1. The van der Waals surface area contributed by atoms with Crippen molar-refractivity contribution in [3.63, 3.8) is 0 Å². The maximum atomic E-state index is 12.8. The smallest absolute Gasteiger partial charge is 0.256 e. The molecule has 0 saturated carbocycles. The van der Waals surface area contributed by atoms with Crippen LogP contribution in [0.4, 0.5) is 11.6 Å². The van der Waals surface area contributed by atoms with E-state index < -0.39 is 0 Å². The molecule has 9 heteroatoms. The first-order chi connectivity index (χ1) is 17.9. The Morgan fingerprint density at radius 3 is 2.68 bits per heavy atom. The summed E-state index contributed by atoms with van der Waals surface area (Å²) in [7, 11) is 0. The van der Waals surface area contributed by atoms with Crippen molar-refractivity contribution in [1.29, 1.82) is 0 Å². The Labute approximate surface area is 218 Å². The van der Waals surface area contributed by atoms with Crippen LogP contribution in [0.2, 0.25) is 0 Å². The van der Waals surface area contributed by atoms with Crippen molar-refractivity contribution in [1.82, 2.24) is 15.3 Å². The lowest BCUT2D eigenvalue weighted by atomic mass is 10.1. The third-order valence-electron chi connectivity index (χ3n) is 6.10. The molecule has 9 nitrogen and oxygen atoms in total. The summed E-state index contributed by atoms with van der Waals surface area (Å²) < 4.78 is 6.21. The van der Waals surface area contributed by atoms with Gasteiger partial charge in [-0.25, -0.2) is 9.97 Å². The molecule has 1 atom stereocenters. The third kappa shape index (κ3) is 6.83. The van der Waals surface area contributed by atoms with Crippen molar-refractivity contribution < 1.29 is 9.53 Å². The highest BCUT2D eigenvalue weighted by atomic mass is 16.5. The molecule has 1 fully saturated rings. The van der Waals surface area contributed by atoms with E-state index in [-0.39, 0.29) is 11.9 Å². The molecule has 1 aromatic carbocycles. The summed E-state index contributed by atoms with van der Waals surface area (Å²) in [6.07, 6.45) is 5.27. The fraction of sp³-hybridized carbons (Fsp3) is 0.357. The lowest BCUT2D eigenvalue weighted by Gasteiger charge is -2.16. The van der Waals surface area contributed by atoms with Gasteiger partial charge in [0.05, 0.1) is 6.04 Å². The van der Waals surface area contributed by atoms with Gasteiger partial charge in [-0.15, -0.1) is 0 Å². The molecule has 1 aliphatic heterocycles. The van der Waals surface area contributed by atoms with Gasteiger partial charge in [0, 0.05) is 37.1 Å². The second-order valence-electron chi connectivity index (χ2n) is 9.33. The van der Waals surface area contributed by atoms with E-state index in [4.69, 9.17) is 15.5 Å². The quantitative estimate of drug-likeness (QED) is 0.237. The summed E-state index contributed by atoms with van der Waals surface area (Å²) in [4.78, 5) is 26.2. The van der Waals surface area contributed by atoms with E-state index in [2.05, 4.69) is 46.7 Å². The molecule has 1 amide bonds. The summed E-state index contributed by atoms with van der Waals surface area (Å²) in [5, 5.41) is 9.50. The van der Waals surface area contributed by atoms with Gasteiger partial charge in [-0.3, -0.25) is 9.79 Å². The highest BCUT2D eigenvalue weighted by Gasteiger charge is 2.19. The number of nitrogens with zero attached hydrogens (tertiary/aromatic N) is 3. The second kappa shape index (κ2) is 12.3.